The van der Waals surface area contributed by atoms with E-state index in [-0.39, 0.29) is 46.6 Å². The van der Waals surface area contributed by atoms with Crippen molar-refractivity contribution in [1.29, 1.82) is 5.41 Å². The third-order valence-electron chi connectivity index (χ3n) is 7.99. The number of amidine groups is 1. The van der Waals surface area contributed by atoms with Gasteiger partial charge in [-0.15, -0.1) is 11.3 Å². The number of nitrogens with one attached hydrogen (secondary N) is 4. The number of carbonyl (C=O) groups is 4. The number of nitrogens with zero attached hydrogens (tertiary/aromatic N) is 1. The molecule has 46 heavy (non-hydrogen) atoms. The highest BCUT2D eigenvalue weighted by molar-refractivity contribution is 7.91. The summed E-state index contributed by atoms with van der Waals surface area (Å²) in [6, 6.07) is 9.45. The van der Waals surface area contributed by atoms with Gasteiger partial charge in [-0.25, -0.2) is 13.2 Å². The lowest BCUT2D eigenvalue weighted by Crippen LogP contribution is -2.49. The summed E-state index contributed by atoms with van der Waals surface area (Å²) in [5.74, 6) is -5.62. The number of fused-ring (bicyclic) bond motifs is 3. The van der Waals surface area contributed by atoms with Gasteiger partial charge in [-0.1, -0.05) is 30.3 Å². The molecule has 1 aliphatic carbocycles. The molecule has 2 heterocycles. The fourth-order valence-corrected chi connectivity index (χ4v) is 7.45. The molecule has 242 valence electrons. The van der Waals surface area contributed by atoms with E-state index in [4.69, 9.17) is 10.5 Å². The minimum absolute atomic E-state index is 0.0413. The molecule has 3 atom stereocenters. The summed E-state index contributed by atoms with van der Waals surface area (Å²) in [6.07, 6.45) is -0.559. The van der Waals surface area contributed by atoms with Crippen molar-refractivity contribution in [2.45, 2.75) is 36.6 Å². The van der Waals surface area contributed by atoms with E-state index in [1.54, 1.807) is 13.0 Å². The van der Waals surface area contributed by atoms with Crippen molar-refractivity contribution >= 4 is 50.8 Å². The molecule has 0 bridgehead atoms. The molecule has 3 aromatic rings. The predicted molar refractivity (Wildman–Crippen MR) is 165 cm³/mol. The number of thiophene rings is 1. The molecular formula is C30H29F2N5O7S2. The Balaban J connectivity index is 1.27. The molecule has 12 nitrogen and oxygen atoms in total. The lowest BCUT2D eigenvalue weighted by atomic mass is 10.0. The normalized spacial score (nSPS) is 18.7. The van der Waals surface area contributed by atoms with E-state index in [2.05, 4.69) is 10.6 Å². The number of sulfone groups is 1. The molecule has 1 aliphatic heterocycles. The van der Waals surface area contributed by atoms with Crippen LogP contribution in [0.15, 0.2) is 53.9 Å². The number of carboxylic acid groups (broad SMARTS) is 1. The topological polar surface area (TPSA) is 186 Å². The summed E-state index contributed by atoms with van der Waals surface area (Å²) in [4.78, 5) is 52.1. The van der Waals surface area contributed by atoms with Gasteiger partial charge in [-0.2, -0.15) is 8.78 Å². The lowest BCUT2D eigenvalue weighted by Gasteiger charge is -2.25. The van der Waals surface area contributed by atoms with E-state index in [1.807, 2.05) is 5.32 Å². The molecule has 1 saturated heterocycles. The smallest absolute Gasteiger partial charge is 0.410 e. The zero-order valence-electron chi connectivity index (χ0n) is 24.5. The van der Waals surface area contributed by atoms with Gasteiger partial charge in [0.1, 0.15) is 11.9 Å². The third kappa shape index (κ3) is 6.35. The highest BCUT2D eigenvalue weighted by Crippen LogP contribution is 2.50. The highest BCUT2D eigenvalue weighted by atomic mass is 32.2. The monoisotopic (exact) mass is 673 g/mol. The van der Waals surface area contributed by atoms with Crippen molar-refractivity contribution in [2.75, 3.05) is 19.3 Å². The summed E-state index contributed by atoms with van der Waals surface area (Å²) >= 11 is 1.17. The number of halogens is 2. The maximum Gasteiger partial charge on any atom is 0.410 e. The van der Waals surface area contributed by atoms with Crippen LogP contribution in [0, 0.1) is 5.41 Å². The standard InChI is InChI=1S/C30H29F2N5O7S2/c1-15(24-10-17(14-45-24)26(33)36-29(41)42)35-28(40)23-11-18(46(2,43)44)13-37(23)25(38)12-34-27(39)16-7-8-22-20(9-16)19-5-3-4-6-21(19)30(22,31)32/h3-10,14-15,18,23H,11-13H2,1-2H3,(H2,33,36)(H,34,39)(H,35,40)(H,41,42)/t15?,18-,23+/m1/s1. The summed E-state index contributed by atoms with van der Waals surface area (Å²) in [5, 5.41) is 24.3. The van der Waals surface area contributed by atoms with Crippen molar-refractivity contribution in [1.82, 2.24) is 20.9 Å². The molecule has 0 radical (unpaired) electrons. The van der Waals surface area contributed by atoms with Crippen LogP contribution < -0.4 is 16.0 Å². The Bertz CT molecular complexity index is 1880. The Kier molecular flexibility index (Phi) is 8.70. The van der Waals surface area contributed by atoms with Crippen molar-refractivity contribution in [3.63, 3.8) is 0 Å². The minimum atomic E-state index is -3.65. The van der Waals surface area contributed by atoms with Crippen molar-refractivity contribution in [2.24, 2.45) is 0 Å². The van der Waals surface area contributed by atoms with E-state index in [9.17, 15) is 36.4 Å². The fourth-order valence-electron chi connectivity index (χ4n) is 5.58. The summed E-state index contributed by atoms with van der Waals surface area (Å²) in [7, 11) is -3.65. The average Bonchev–Trinajstić information content (AvgIpc) is 3.72. The van der Waals surface area contributed by atoms with Crippen molar-refractivity contribution in [3.05, 3.63) is 81.0 Å². The Hall–Kier alpha value is -4.70. The second-order valence-electron chi connectivity index (χ2n) is 11.1. The Morgan fingerprint density at radius 3 is 2.48 bits per heavy atom. The molecule has 1 unspecified atom stereocenters. The number of hydrogen-bond acceptors (Lipinski definition) is 8. The number of alkyl halides is 2. The van der Waals surface area contributed by atoms with Gasteiger partial charge < -0.3 is 20.6 Å². The number of carbonyl (C=O) groups excluding carboxylic acids is 3. The van der Waals surface area contributed by atoms with Gasteiger partial charge in [-0.3, -0.25) is 25.1 Å². The molecular weight excluding hydrogens is 644 g/mol. The summed E-state index contributed by atoms with van der Waals surface area (Å²) in [5.41, 5.74) is 0.431. The quantitative estimate of drug-likeness (QED) is 0.180. The van der Waals surface area contributed by atoms with Gasteiger partial charge in [-0.05, 0) is 42.7 Å². The van der Waals surface area contributed by atoms with Crippen LogP contribution in [0.2, 0.25) is 0 Å². The Morgan fingerprint density at radius 1 is 1.09 bits per heavy atom. The molecule has 2 aliphatic rings. The molecule has 0 spiro atoms. The zero-order valence-corrected chi connectivity index (χ0v) is 26.1. The van der Waals surface area contributed by atoms with Crippen LogP contribution >= 0.6 is 11.3 Å². The zero-order chi connectivity index (χ0) is 33.6. The molecule has 2 aromatic carbocycles. The summed E-state index contributed by atoms with van der Waals surface area (Å²) in [6.45, 7) is 0.791. The molecule has 16 heteroatoms. The van der Waals surface area contributed by atoms with Gasteiger partial charge in [0.25, 0.3) is 11.8 Å². The van der Waals surface area contributed by atoms with E-state index in [1.165, 1.54) is 59.2 Å². The van der Waals surface area contributed by atoms with Crippen LogP contribution in [-0.2, 0) is 25.3 Å². The molecule has 4 amide bonds. The summed E-state index contributed by atoms with van der Waals surface area (Å²) < 4.78 is 54.6. The SMILES string of the molecule is CC(NC(=O)[C@@H]1C[C@@H](S(C)(=O)=O)CN1C(=O)CNC(=O)c1ccc2c(c1)-c1ccccc1C2(F)F)c1cc(C(=N)NC(=O)O)cs1. The number of rotatable bonds is 8. The molecule has 1 fully saturated rings. The van der Waals surface area contributed by atoms with Gasteiger partial charge in [0.2, 0.25) is 11.8 Å². The van der Waals surface area contributed by atoms with Gasteiger partial charge in [0, 0.05) is 45.3 Å². The first-order valence-corrected chi connectivity index (χ1v) is 16.8. The number of amides is 4. The molecule has 0 saturated carbocycles. The number of likely N-dealkylation sites (tertiary alicyclic amines) is 1. The first-order valence-electron chi connectivity index (χ1n) is 13.9. The van der Waals surface area contributed by atoms with E-state index >= 15 is 0 Å². The van der Waals surface area contributed by atoms with Crippen LogP contribution in [-0.4, -0.2) is 78.7 Å². The van der Waals surface area contributed by atoms with E-state index in [0.717, 1.165) is 11.2 Å². The van der Waals surface area contributed by atoms with E-state index < -0.39 is 63.5 Å². The van der Waals surface area contributed by atoms with E-state index in [0.29, 0.717) is 10.4 Å². The van der Waals surface area contributed by atoms with Crippen molar-refractivity contribution < 1.29 is 41.5 Å². The molecule has 1 aromatic heterocycles. The van der Waals surface area contributed by atoms with Gasteiger partial charge >= 0.3 is 6.09 Å². The molecule has 5 N–H and O–H groups in total. The highest BCUT2D eigenvalue weighted by Gasteiger charge is 2.45. The maximum absolute atomic E-state index is 14.9. The van der Waals surface area contributed by atoms with Crippen LogP contribution in [0.4, 0.5) is 13.6 Å². The van der Waals surface area contributed by atoms with Crippen LogP contribution in [0.3, 0.4) is 0 Å². The third-order valence-corrected chi connectivity index (χ3v) is 10.7. The fraction of sp³-hybridized carbons (Fsp3) is 0.300. The maximum atomic E-state index is 14.9. The second kappa shape index (κ2) is 12.2. The van der Waals surface area contributed by atoms with Gasteiger partial charge in [0.15, 0.2) is 9.84 Å². The van der Waals surface area contributed by atoms with Crippen LogP contribution in [0.25, 0.3) is 11.1 Å². The van der Waals surface area contributed by atoms with Crippen LogP contribution in [0.5, 0.6) is 0 Å². The second-order valence-corrected chi connectivity index (χ2v) is 14.4. The number of benzene rings is 2. The van der Waals surface area contributed by atoms with Crippen LogP contribution in [0.1, 0.15) is 51.3 Å². The first kappa shape index (κ1) is 32.7. The Labute approximate surface area is 266 Å². The largest absolute Gasteiger partial charge is 0.465 e. The minimum Gasteiger partial charge on any atom is -0.465 e. The average molecular weight is 674 g/mol. The van der Waals surface area contributed by atoms with Crippen molar-refractivity contribution in [3.8, 4) is 11.1 Å². The first-order chi connectivity index (χ1) is 21.6. The predicted octanol–water partition coefficient (Wildman–Crippen LogP) is 3.08. The lowest BCUT2D eigenvalue weighted by molar-refractivity contribution is -0.137. The molecule has 5 rings (SSSR count). The Morgan fingerprint density at radius 2 is 1.78 bits per heavy atom. The van der Waals surface area contributed by atoms with Gasteiger partial charge in [0.05, 0.1) is 17.8 Å². The number of hydrogen-bond donors (Lipinski definition) is 5.